The van der Waals surface area contributed by atoms with E-state index in [4.69, 9.17) is 9.47 Å². The zero-order chi connectivity index (χ0) is 24.7. The first kappa shape index (κ1) is 23.7. The van der Waals surface area contributed by atoms with Gasteiger partial charge in [-0.3, -0.25) is 0 Å². The highest BCUT2D eigenvalue weighted by atomic mass is 16.6. The van der Waals surface area contributed by atoms with Gasteiger partial charge in [0.1, 0.15) is 5.75 Å². The van der Waals surface area contributed by atoms with E-state index in [2.05, 4.69) is 57.2 Å². The van der Waals surface area contributed by atoms with Crippen LogP contribution in [0.15, 0.2) is 48.5 Å². The van der Waals surface area contributed by atoms with Gasteiger partial charge in [-0.1, -0.05) is 30.3 Å². The molecule has 0 aliphatic carbocycles. The molecule has 3 saturated heterocycles. The number of methoxy groups -OCH3 is 1. The van der Waals surface area contributed by atoms with Crippen LogP contribution in [0.5, 0.6) is 5.75 Å². The Morgan fingerprint density at radius 2 is 1.75 bits per heavy atom. The number of hydrogen-bond acceptors (Lipinski definition) is 5. The molecule has 2 aromatic rings. The van der Waals surface area contributed by atoms with Crippen molar-refractivity contribution in [2.24, 2.45) is 0 Å². The highest BCUT2D eigenvalue weighted by Crippen LogP contribution is 2.45. The molecule has 2 unspecified atom stereocenters. The highest BCUT2D eigenvalue weighted by molar-refractivity contribution is 5.69. The first-order valence-corrected chi connectivity index (χ1v) is 13.8. The maximum absolute atomic E-state index is 12.5. The van der Waals surface area contributed by atoms with Crippen LogP contribution in [0.25, 0.3) is 0 Å². The number of hydrogen-bond donors (Lipinski definition) is 0. The summed E-state index contributed by atoms with van der Waals surface area (Å²) in [5, 5.41) is 0. The molecule has 0 N–H and O–H groups in total. The monoisotopic (exact) mass is 489 g/mol. The van der Waals surface area contributed by atoms with Gasteiger partial charge in [0.25, 0.3) is 0 Å². The minimum absolute atomic E-state index is 0.0995. The fourth-order valence-electron chi connectivity index (χ4n) is 7.56. The van der Waals surface area contributed by atoms with Crippen molar-refractivity contribution in [3.63, 3.8) is 0 Å². The molecule has 4 aliphatic heterocycles. The van der Waals surface area contributed by atoms with E-state index in [0.29, 0.717) is 24.7 Å². The molecule has 4 aliphatic rings. The van der Waals surface area contributed by atoms with Gasteiger partial charge in [0.15, 0.2) is 0 Å². The number of fused-ring (bicyclic) bond motifs is 4. The summed E-state index contributed by atoms with van der Waals surface area (Å²) < 4.78 is 10.9. The minimum Gasteiger partial charge on any atom is -0.497 e. The van der Waals surface area contributed by atoms with Crippen molar-refractivity contribution in [2.45, 2.75) is 75.5 Å². The van der Waals surface area contributed by atoms with Gasteiger partial charge >= 0.3 is 6.09 Å². The van der Waals surface area contributed by atoms with E-state index in [-0.39, 0.29) is 11.5 Å². The van der Waals surface area contributed by atoms with Crippen molar-refractivity contribution in [1.82, 2.24) is 9.80 Å². The van der Waals surface area contributed by atoms with Crippen LogP contribution in [0.3, 0.4) is 0 Å². The maximum Gasteiger partial charge on any atom is 0.410 e. The lowest BCUT2D eigenvalue weighted by atomic mass is 9.68. The van der Waals surface area contributed by atoms with Crippen molar-refractivity contribution in [1.29, 1.82) is 0 Å². The zero-order valence-corrected chi connectivity index (χ0v) is 21.7. The number of nitrogens with zero attached hydrogens (tertiary/aromatic N) is 3. The van der Waals surface area contributed by atoms with Crippen LogP contribution in [0.2, 0.25) is 0 Å². The number of ether oxygens (including phenoxy) is 2. The Labute approximate surface area is 215 Å². The molecule has 1 amide bonds. The predicted octanol–water partition coefficient (Wildman–Crippen LogP) is 5.20. The second-order valence-corrected chi connectivity index (χ2v) is 11.1. The molecule has 36 heavy (non-hydrogen) atoms. The summed E-state index contributed by atoms with van der Waals surface area (Å²) in [6, 6.07) is 18.9. The summed E-state index contributed by atoms with van der Waals surface area (Å²) in [7, 11) is 1.74. The van der Waals surface area contributed by atoms with Crippen LogP contribution in [-0.4, -0.2) is 67.4 Å². The van der Waals surface area contributed by atoms with Gasteiger partial charge in [-0.2, -0.15) is 0 Å². The minimum atomic E-state index is -0.0995. The summed E-state index contributed by atoms with van der Waals surface area (Å²) in [6.45, 7) is 6.62. The Morgan fingerprint density at radius 3 is 2.47 bits per heavy atom. The number of anilines is 1. The summed E-state index contributed by atoms with van der Waals surface area (Å²) in [5.41, 5.74) is 4.44. The van der Waals surface area contributed by atoms with Crippen LogP contribution in [0.4, 0.5) is 10.5 Å². The Bertz CT molecular complexity index is 1080. The third-order valence-corrected chi connectivity index (χ3v) is 9.32. The van der Waals surface area contributed by atoms with Crippen LogP contribution < -0.4 is 9.64 Å². The summed E-state index contributed by atoms with van der Waals surface area (Å²) in [5.74, 6) is 0.916. The standard InChI is InChI=1S/C30H39N3O3/c1-3-36-29(34)33-24-11-12-25(33)18-26(17-24)31-15-13-30(14-16-31)21-32(20-22-7-4-5-10-28(22)30)23-8-6-9-27(19-23)35-2/h4-10,19,24-26H,3,11-18,20-21H2,1-2H3/t24-,25?,26?/m1/s1. The van der Waals surface area contributed by atoms with Crippen LogP contribution >= 0.6 is 0 Å². The molecule has 0 aromatic heterocycles. The third-order valence-electron chi connectivity index (χ3n) is 9.32. The van der Waals surface area contributed by atoms with E-state index in [1.165, 1.54) is 24.1 Å². The first-order chi connectivity index (χ1) is 17.6. The van der Waals surface area contributed by atoms with Crippen LogP contribution in [0.1, 0.15) is 56.6 Å². The Balaban J connectivity index is 1.18. The largest absolute Gasteiger partial charge is 0.497 e. The van der Waals surface area contributed by atoms with Gasteiger partial charge in [-0.05, 0) is 81.8 Å². The molecule has 0 saturated carbocycles. The van der Waals surface area contributed by atoms with Gasteiger partial charge in [0.05, 0.1) is 13.7 Å². The fraction of sp³-hybridized carbons (Fsp3) is 0.567. The summed E-state index contributed by atoms with van der Waals surface area (Å²) in [6.07, 6.45) is 6.69. The molecule has 3 atom stereocenters. The topological polar surface area (TPSA) is 45.2 Å². The normalized spacial score (nSPS) is 27.1. The number of amides is 1. The van der Waals surface area contributed by atoms with Crippen molar-refractivity contribution in [2.75, 3.05) is 38.3 Å². The molecule has 4 heterocycles. The van der Waals surface area contributed by atoms with E-state index in [1.54, 1.807) is 12.7 Å². The van der Waals surface area contributed by atoms with Crippen LogP contribution in [0, 0.1) is 0 Å². The van der Waals surface area contributed by atoms with Crippen LogP contribution in [-0.2, 0) is 16.7 Å². The number of carbonyl (C=O) groups excluding carboxylic acids is 1. The lowest BCUT2D eigenvalue weighted by molar-refractivity contribution is 0.0270. The molecular formula is C30H39N3O3. The number of benzene rings is 2. The molecule has 2 bridgehead atoms. The zero-order valence-electron chi connectivity index (χ0n) is 21.7. The molecule has 6 nitrogen and oxygen atoms in total. The number of carbonyl (C=O) groups is 1. The maximum atomic E-state index is 12.5. The van der Waals surface area contributed by atoms with Gasteiger partial charge in [0, 0.05) is 48.4 Å². The Kier molecular flexibility index (Phi) is 6.32. The molecule has 3 fully saturated rings. The average molecular weight is 490 g/mol. The highest BCUT2D eigenvalue weighted by Gasteiger charge is 2.48. The predicted molar refractivity (Wildman–Crippen MR) is 142 cm³/mol. The van der Waals surface area contributed by atoms with Crippen molar-refractivity contribution in [3.05, 3.63) is 59.7 Å². The van der Waals surface area contributed by atoms with Crippen molar-refractivity contribution in [3.8, 4) is 5.75 Å². The molecule has 6 rings (SSSR count). The van der Waals surface area contributed by atoms with Gasteiger partial charge in [-0.15, -0.1) is 0 Å². The number of piperidine rings is 2. The van der Waals surface area contributed by atoms with E-state index >= 15 is 0 Å². The number of rotatable bonds is 4. The second kappa shape index (κ2) is 9.62. The summed E-state index contributed by atoms with van der Waals surface area (Å²) >= 11 is 0. The fourth-order valence-corrected chi connectivity index (χ4v) is 7.56. The summed E-state index contributed by atoms with van der Waals surface area (Å²) in [4.78, 5) is 19.9. The third kappa shape index (κ3) is 4.13. The lowest BCUT2D eigenvalue weighted by Gasteiger charge is -2.52. The average Bonchev–Trinajstić information content (AvgIpc) is 3.18. The molecule has 6 heteroatoms. The van der Waals surface area contributed by atoms with E-state index < -0.39 is 0 Å². The Hall–Kier alpha value is -2.73. The van der Waals surface area contributed by atoms with Gasteiger partial charge in [-0.25, -0.2) is 4.79 Å². The Morgan fingerprint density at radius 1 is 1.00 bits per heavy atom. The van der Waals surface area contributed by atoms with E-state index in [1.807, 2.05) is 13.0 Å². The molecular weight excluding hydrogens is 450 g/mol. The molecule has 0 radical (unpaired) electrons. The van der Waals surface area contributed by atoms with E-state index in [0.717, 1.165) is 57.6 Å². The lowest BCUT2D eigenvalue weighted by Crippen LogP contribution is -2.57. The molecule has 2 aromatic carbocycles. The van der Waals surface area contributed by atoms with E-state index in [9.17, 15) is 4.79 Å². The quantitative estimate of drug-likeness (QED) is 0.591. The van der Waals surface area contributed by atoms with Gasteiger partial charge < -0.3 is 24.2 Å². The molecule has 192 valence electrons. The van der Waals surface area contributed by atoms with Gasteiger partial charge in [0.2, 0.25) is 0 Å². The SMILES string of the molecule is CCOC(=O)N1C2CC[C@@H]1CC(N1CCC3(CC1)CN(c1cccc(OC)c1)Cc1ccccc13)C2. The first-order valence-electron chi connectivity index (χ1n) is 13.8. The molecule has 1 spiro atoms. The number of likely N-dealkylation sites (tertiary alicyclic amines) is 1. The van der Waals surface area contributed by atoms with Crippen molar-refractivity contribution >= 4 is 11.8 Å². The smallest absolute Gasteiger partial charge is 0.410 e. The van der Waals surface area contributed by atoms with Crippen molar-refractivity contribution < 1.29 is 14.3 Å². The second-order valence-electron chi connectivity index (χ2n) is 11.1.